The predicted octanol–water partition coefficient (Wildman–Crippen LogP) is 0.534. The molecule has 0 amide bonds. The van der Waals surface area contributed by atoms with E-state index in [4.69, 9.17) is 0 Å². The number of nitro benzene ring substituents is 1. The summed E-state index contributed by atoms with van der Waals surface area (Å²) in [6.45, 7) is 1.49. The number of hydrogen-bond donors (Lipinski definition) is 2. The molecule has 10 nitrogen and oxygen atoms in total. The second kappa shape index (κ2) is 6.36. The van der Waals surface area contributed by atoms with Crippen LogP contribution in [0.2, 0.25) is 0 Å². The highest BCUT2D eigenvalue weighted by Gasteiger charge is 2.17. The molecule has 0 atom stereocenters. The van der Waals surface area contributed by atoms with Gasteiger partial charge in [-0.2, -0.15) is 5.10 Å². The fraction of sp³-hybridized carbons (Fsp3) is 0.214. The number of hydrazone groups is 1. The number of nitro groups is 1. The first-order valence-corrected chi connectivity index (χ1v) is 6.78. The average molecular weight is 333 g/mol. The quantitative estimate of drug-likeness (QED) is 0.476. The van der Waals surface area contributed by atoms with E-state index in [0.29, 0.717) is 5.69 Å². The molecule has 0 aliphatic heterocycles. The number of rotatable bonds is 4. The molecule has 0 saturated carbocycles. The zero-order valence-corrected chi connectivity index (χ0v) is 13.2. The first-order chi connectivity index (χ1) is 11.2. The second-order valence-electron chi connectivity index (χ2n) is 5.02. The van der Waals surface area contributed by atoms with Crippen LogP contribution in [0.15, 0.2) is 39.0 Å². The van der Waals surface area contributed by atoms with Gasteiger partial charge in [-0.3, -0.25) is 29.5 Å². The Hall–Kier alpha value is -3.43. The summed E-state index contributed by atoms with van der Waals surface area (Å²) in [7, 11) is 2.63. The molecular formula is C14H15N5O5. The summed E-state index contributed by atoms with van der Waals surface area (Å²) < 4.78 is 1.79. The van der Waals surface area contributed by atoms with E-state index in [-0.39, 0.29) is 17.0 Å². The average Bonchev–Trinajstić information content (AvgIpc) is 2.57. The van der Waals surface area contributed by atoms with E-state index in [1.807, 2.05) is 0 Å². The van der Waals surface area contributed by atoms with Crippen molar-refractivity contribution in [1.29, 1.82) is 0 Å². The van der Waals surface area contributed by atoms with E-state index in [1.165, 1.54) is 45.3 Å². The maximum absolute atomic E-state index is 12.1. The van der Waals surface area contributed by atoms with Crippen LogP contribution in [0.5, 0.6) is 5.88 Å². The van der Waals surface area contributed by atoms with E-state index in [0.717, 1.165) is 9.13 Å². The van der Waals surface area contributed by atoms with Gasteiger partial charge < -0.3 is 5.11 Å². The van der Waals surface area contributed by atoms with Crippen LogP contribution in [0.1, 0.15) is 12.5 Å². The predicted molar refractivity (Wildman–Crippen MR) is 87.5 cm³/mol. The summed E-state index contributed by atoms with van der Waals surface area (Å²) in [6, 6.07) is 5.51. The van der Waals surface area contributed by atoms with E-state index < -0.39 is 22.1 Å². The Morgan fingerprint density at radius 3 is 2.33 bits per heavy atom. The lowest BCUT2D eigenvalue weighted by Crippen LogP contribution is -2.39. The highest BCUT2D eigenvalue weighted by Crippen LogP contribution is 2.16. The van der Waals surface area contributed by atoms with Gasteiger partial charge in [-0.05, 0) is 19.1 Å². The summed E-state index contributed by atoms with van der Waals surface area (Å²) in [5.74, 6) is -0.491. The van der Waals surface area contributed by atoms with Gasteiger partial charge >= 0.3 is 5.69 Å². The molecule has 0 aliphatic carbocycles. The third-order valence-corrected chi connectivity index (χ3v) is 3.43. The standard InChI is InChI=1S/C14H15N5O5/c1-8(11-12(20)17(2)14(22)18(3)13(11)21)15-16-9-4-6-10(7-5-9)19(23)24/h4-7,16,20H,1-3H3. The SMILES string of the molecule is CC(=NNc1ccc([N+](=O)[O-])cc1)c1c(O)n(C)c(=O)n(C)c1=O. The van der Waals surface area contributed by atoms with Crippen molar-refractivity contribution >= 4 is 17.1 Å². The first-order valence-electron chi connectivity index (χ1n) is 6.78. The molecule has 2 N–H and O–H groups in total. The number of aromatic hydroxyl groups is 1. The number of benzene rings is 1. The van der Waals surface area contributed by atoms with Gasteiger partial charge in [-0.1, -0.05) is 0 Å². The van der Waals surface area contributed by atoms with Crippen LogP contribution in [0, 0.1) is 10.1 Å². The van der Waals surface area contributed by atoms with Crippen molar-refractivity contribution in [2.24, 2.45) is 19.2 Å². The van der Waals surface area contributed by atoms with Gasteiger partial charge in [0.1, 0.15) is 5.56 Å². The van der Waals surface area contributed by atoms with Crippen LogP contribution in [0.4, 0.5) is 11.4 Å². The van der Waals surface area contributed by atoms with Gasteiger partial charge in [-0.15, -0.1) is 0 Å². The summed E-state index contributed by atoms with van der Waals surface area (Å²) in [4.78, 5) is 33.9. The Bertz CT molecular complexity index is 940. The van der Waals surface area contributed by atoms with Crippen LogP contribution < -0.4 is 16.7 Å². The molecule has 0 radical (unpaired) electrons. The van der Waals surface area contributed by atoms with E-state index in [9.17, 15) is 24.8 Å². The number of anilines is 1. The zero-order valence-electron chi connectivity index (χ0n) is 13.2. The smallest absolute Gasteiger partial charge is 0.333 e. The molecule has 0 saturated heterocycles. The minimum absolute atomic E-state index is 0.0641. The minimum atomic E-state index is -0.678. The lowest BCUT2D eigenvalue weighted by molar-refractivity contribution is -0.384. The minimum Gasteiger partial charge on any atom is -0.494 e. The molecule has 2 aromatic rings. The maximum Gasteiger partial charge on any atom is 0.333 e. The van der Waals surface area contributed by atoms with Gasteiger partial charge in [-0.25, -0.2) is 4.79 Å². The number of aromatic nitrogens is 2. The van der Waals surface area contributed by atoms with Crippen molar-refractivity contribution in [3.05, 3.63) is 60.8 Å². The molecular weight excluding hydrogens is 318 g/mol. The molecule has 0 bridgehead atoms. The topological polar surface area (TPSA) is 132 Å². The Balaban J connectivity index is 2.37. The second-order valence-corrected chi connectivity index (χ2v) is 5.02. The molecule has 126 valence electrons. The third-order valence-electron chi connectivity index (χ3n) is 3.43. The number of nitrogens with one attached hydrogen (secondary N) is 1. The van der Waals surface area contributed by atoms with Crippen LogP contribution in [0.25, 0.3) is 0 Å². The maximum atomic E-state index is 12.1. The Morgan fingerprint density at radius 2 is 1.79 bits per heavy atom. The van der Waals surface area contributed by atoms with Crippen LogP contribution in [-0.2, 0) is 14.1 Å². The van der Waals surface area contributed by atoms with Crippen molar-refractivity contribution in [3.8, 4) is 5.88 Å². The monoisotopic (exact) mass is 333 g/mol. The van der Waals surface area contributed by atoms with Gasteiger partial charge in [0.2, 0.25) is 5.88 Å². The molecule has 24 heavy (non-hydrogen) atoms. The summed E-state index contributed by atoms with van der Waals surface area (Å²) >= 11 is 0. The Labute approximate surface area is 135 Å². The van der Waals surface area contributed by atoms with Crippen molar-refractivity contribution in [3.63, 3.8) is 0 Å². The molecule has 0 unspecified atom stereocenters. The normalized spacial score (nSPS) is 11.4. The molecule has 0 aliphatic rings. The van der Waals surface area contributed by atoms with Gasteiger partial charge in [0.15, 0.2) is 0 Å². The lowest BCUT2D eigenvalue weighted by Gasteiger charge is -2.10. The van der Waals surface area contributed by atoms with Crippen LogP contribution >= 0.6 is 0 Å². The summed E-state index contributed by atoms with van der Waals surface area (Å²) in [5.41, 5.74) is 1.74. The number of nitrogens with zero attached hydrogens (tertiary/aromatic N) is 4. The molecule has 2 rings (SSSR count). The fourth-order valence-corrected chi connectivity index (χ4v) is 2.01. The van der Waals surface area contributed by atoms with Crippen molar-refractivity contribution in [1.82, 2.24) is 9.13 Å². The van der Waals surface area contributed by atoms with Crippen molar-refractivity contribution < 1.29 is 10.0 Å². The Kier molecular flexibility index (Phi) is 4.49. The van der Waals surface area contributed by atoms with Gasteiger partial charge in [0.05, 0.1) is 16.3 Å². The molecule has 1 heterocycles. The van der Waals surface area contributed by atoms with E-state index >= 15 is 0 Å². The molecule has 1 aromatic carbocycles. The highest BCUT2D eigenvalue weighted by atomic mass is 16.6. The first kappa shape index (κ1) is 16.9. The molecule has 0 fully saturated rings. The third kappa shape index (κ3) is 3.02. The zero-order chi connectivity index (χ0) is 18.0. The van der Waals surface area contributed by atoms with Crippen molar-refractivity contribution in [2.45, 2.75) is 6.92 Å². The summed E-state index contributed by atoms with van der Waals surface area (Å²) in [5, 5.41) is 24.6. The Morgan fingerprint density at radius 1 is 1.21 bits per heavy atom. The largest absolute Gasteiger partial charge is 0.494 e. The van der Waals surface area contributed by atoms with Crippen LogP contribution in [-0.4, -0.2) is 24.9 Å². The molecule has 0 spiro atoms. The molecule has 10 heteroatoms. The lowest BCUT2D eigenvalue weighted by atomic mass is 10.2. The highest BCUT2D eigenvalue weighted by molar-refractivity contribution is 6.00. The van der Waals surface area contributed by atoms with Gasteiger partial charge in [0.25, 0.3) is 11.2 Å². The van der Waals surface area contributed by atoms with Crippen molar-refractivity contribution in [2.75, 3.05) is 5.43 Å². The fourth-order valence-electron chi connectivity index (χ4n) is 2.01. The number of hydrogen-bond acceptors (Lipinski definition) is 7. The molecule has 1 aromatic heterocycles. The van der Waals surface area contributed by atoms with E-state index in [2.05, 4.69) is 10.5 Å². The van der Waals surface area contributed by atoms with Gasteiger partial charge in [0, 0.05) is 26.2 Å². The number of non-ortho nitro benzene ring substituents is 1. The van der Waals surface area contributed by atoms with Crippen LogP contribution in [0.3, 0.4) is 0 Å². The van der Waals surface area contributed by atoms with E-state index in [1.54, 1.807) is 0 Å². The summed E-state index contributed by atoms with van der Waals surface area (Å²) in [6.07, 6.45) is 0.